The van der Waals surface area contributed by atoms with E-state index in [1.807, 2.05) is 36.4 Å². The van der Waals surface area contributed by atoms with Crippen LogP contribution in [0.5, 0.6) is 17.2 Å². The molecule has 2 atom stereocenters. The Labute approximate surface area is 175 Å². The molecule has 2 aromatic carbocycles. The molecule has 1 aliphatic heterocycles. The fourth-order valence-electron chi connectivity index (χ4n) is 4.07. The monoisotopic (exact) mass is 413 g/mol. The Morgan fingerprint density at radius 3 is 2.67 bits per heavy atom. The third kappa shape index (κ3) is 3.81. The molecule has 0 aliphatic carbocycles. The van der Waals surface area contributed by atoms with Gasteiger partial charge in [-0.25, -0.2) is 0 Å². The molecule has 2 heterocycles. The van der Waals surface area contributed by atoms with Crippen molar-refractivity contribution in [1.82, 2.24) is 15.1 Å². The van der Waals surface area contributed by atoms with Crippen LogP contribution in [0.1, 0.15) is 17.3 Å². The van der Waals surface area contributed by atoms with E-state index < -0.39 is 0 Å². The summed E-state index contributed by atoms with van der Waals surface area (Å²) in [6.07, 6.45) is -0.347. The Morgan fingerprint density at radius 1 is 1.10 bits per heavy atom. The summed E-state index contributed by atoms with van der Waals surface area (Å²) in [5.41, 5.74) is 2.88. The van der Waals surface area contributed by atoms with E-state index >= 15 is 0 Å². The summed E-state index contributed by atoms with van der Waals surface area (Å²) < 4.78 is 22.1. The summed E-state index contributed by atoms with van der Waals surface area (Å²) in [7, 11) is 4.88. The van der Waals surface area contributed by atoms with Crippen molar-refractivity contribution in [3.05, 3.63) is 47.7 Å². The molecule has 8 heteroatoms. The first-order valence-corrected chi connectivity index (χ1v) is 9.88. The number of methoxy groups -OCH3 is 3. The normalized spacial score (nSPS) is 19.7. The fraction of sp³-hybridized carbons (Fsp3) is 0.409. The van der Waals surface area contributed by atoms with Gasteiger partial charge in [-0.1, -0.05) is 6.07 Å². The molecule has 8 nitrogen and oxygen atoms in total. The zero-order chi connectivity index (χ0) is 21.1. The molecule has 160 valence electrons. The van der Waals surface area contributed by atoms with Gasteiger partial charge in [-0.2, -0.15) is 5.10 Å². The summed E-state index contributed by atoms with van der Waals surface area (Å²) in [5, 5.41) is 18.6. The van der Waals surface area contributed by atoms with Gasteiger partial charge in [-0.15, -0.1) is 0 Å². The van der Waals surface area contributed by atoms with Crippen molar-refractivity contribution in [3.63, 3.8) is 0 Å². The van der Waals surface area contributed by atoms with E-state index in [0.29, 0.717) is 24.7 Å². The van der Waals surface area contributed by atoms with Crippen LogP contribution in [0.4, 0.5) is 0 Å². The first-order chi connectivity index (χ1) is 14.7. The Morgan fingerprint density at radius 2 is 1.93 bits per heavy atom. The van der Waals surface area contributed by atoms with Gasteiger partial charge in [-0.3, -0.25) is 10.00 Å². The van der Waals surface area contributed by atoms with Gasteiger partial charge in [0.2, 0.25) is 0 Å². The SMILES string of the molecule is COc1ccc2n[nH]c(CN3CCO[C@@H](CO)[C@@H]3c3ccc(OC)c(OC)c3)c2c1. The number of aliphatic hydroxyl groups excluding tert-OH is 1. The number of nitrogens with zero attached hydrogens (tertiary/aromatic N) is 2. The second-order valence-electron chi connectivity index (χ2n) is 7.21. The first-order valence-electron chi connectivity index (χ1n) is 9.88. The van der Waals surface area contributed by atoms with Gasteiger partial charge in [0.05, 0.1) is 51.8 Å². The van der Waals surface area contributed by atoms with E-state index in [-0.39, 0.29) is 18.8 Å². The largest absolute Gasteiger partial charge is 0.497 e. The Balaban J connectivity index is 1.69. The van der Waals surface area contributed by atoms with Crippen LogP contribution in [-0.4, -0.2) is 67.4 Å². The lowest BCUT2D eigenvalue weighted by Crippen LogP contribution is -2.46. The highest BCUT2D eigenvalue weighted by molar-refractivity contribution is 5.82. The molecule has 0 bridgehead atoms. The summed E-state index contributed by atoms with van der Waals surface area (Å²) in [4.78, 5) is 2.29. The number of nitrogens with one attached hydrogen (secondary N) is 1. The van der Waals surface area contributed by atoms with Crippen molar-refractivity contribution in [2.24, 2.45) is 0 Å². The van der Waals surface area contributed by atoms with Gasteiger partial charge >= 0.3 is 0 Å². The van der Waals surface area contributed by atoms with E-state index in [2.05, 4.69) is 15.1 Å². The predicted octanol–water partition coefficient (Wildman–Crippen LogP) is 2.52. The molecule has 1 aliphatic rings. The number of aliphatic hydroxyl groups is 1. The maximum absolute atomic E-state index is 9.99. The zero-order valence-corrected chi connectivity index (χ0v) is 17.4. The van der Waals surface area contributed by atoms with Crippen LogP contribution in [0, 0.1) is 0 Å². The lowest BCUT2D eigenvalue weighted by Gasteiger charge is -2.40. The highest BCUT2D eigenvalue weighted by atomic mass is 16.5. The van der Waals surface area contributed by atoms with Crippen LogP contribution in [0.15, 0.2) is 36.4 Å². The second kappa shape index (κ2) is 8.91. The van der Waals surface area contributed by atoms with Gasteiger partial charge in [-0.05, 0) is 35.9 Å². The lowest BCUT2D eigenvalue weighted by molar-refractivity contribution is -0.0963. The van der Waals surface area contributed by atoms with E-state index in [9.17, 15) is 5.11 Å². The van der Waals surface area contributed by atoms with Crippen molar-refractivity contribution in [2.45, 2.75) is 18.7 Å². The van der Waals surface area contributed by atoms with E-state index in [1.165, 1.54) is 0 Å². The van der Waals surface area contributed by atoms with E-state index in [1.54, 1.807) is 21.3 Å². The number of hydrogen-bond donors (Lipinski definition) is 2. The molecule has 1 fully saturated rings. The number of aromatic nitrogens is 2. The van der Waals surface area contributed by atoms with Crippen LogP contribution < -0.4 is 14.2 Å². The van der Waals surface area contributed by atoms with Gasteiger partial charge < -0.3 is 24.1 Å². The van der Waals surface area contributed by atoms with Crippen LogP contribution in [0.2, 0.25) is 0 Å². The van der Waals surface area contributed by atoms with Crippen molar-refractivity contribution in [2.75, 3.05) is 41.1 Å². The molecule has 0 saturated carbocycles. The molecule has 0 amide bonds. The molecular weight excluding hydrogens is 386 g/mol. The van der Waals surface area contributed by atoms with Gasteiger partial charge in [0, 0.05) is 18.5 Å². The number of H-pyrrole nitrogens is 1. The minimum Gasteiger partial charge on any atom is -0.497 e. The van der Waals surface area contributed by atoms with Crippen molar-refractivity contribution >= 4 is 10.9 Å². The maximum atomic E-state index is 9.99. The van der Waals surface area contributed by atoms with Crippen molar-refractivity contribution in [1.29, 1.82) is 0 Å². The molecule has 1 aromatic heterocycles. The number of morpholine rings is 1. The minimum absolute atomic E-state index is 0.0763. The van der Waals surface area contributed by atoms with E-state index in [0.717, 1.165) is 34.5 Å². The number of fused-ring (bicyclic) bond motifs is 1. The van der Waals surface area contributed by atoms with Gasteiger partial charge in [0.25, 0.3) is 0 Å². The van der Waals surface area contributed by atoms with Crippen molar-refractivity contribution in [3.8, 4) is 17.2 Å². The average Bonchev–Trinajstić information content (AvgIpc) is 3.20. The Bertz CT molecular complexity index is 1010. The van der Waals surface area contributed by atoms with Crippen molar-refractivity contribution < 1.29 is 24.1 Å². The van der Waals surface area contributed by atoms with Crippen LogP contribution in [0.3, 0.4) is 0 Å². The second-order valence-corrected chi connectivity index (χ2v) is 7.21. The average molecular weight is 413 g/mol. The molecule has 0 spiro atoms. The third-order valence-corrected chi connectivity index (χ3v) is 5.59. The summed E-state index contributed by atoms with van der Waals surface area (Å²) in [6.45, 7) is 1.82. The topological polar surface area (TPSA) is 89.1 Å². The third-order valence-electron chi connectivity index (χ3n) is 5.59. The summed E-state index contributed by atoms with van der Waals surface area (Å²) >= 11 is 0. The number of hydrogen-bond acceptors (Lipinski definition) is 7. The van der Waals surface area contributed by atoms with E-state index in [4.69, 9.17) is 18.9 Å². The number of benzene rings is 2. The minimum atomic E-state index is -0.347. The van der Waals surface area contributed by atoms with Gasteiger partial charge in [0.15, 0.2) is 11.5 Å². The number of ether oxygens (including phenoxy) is 4. The van der Waals surface area contributed by atoms with Crippen LogP contribution in [0.25, 0.3) is 10.9 Å². The first kappa shape index (κ1) is 20.5. The highest BCUT2D eigenvalue weighted by Gasteiger charge is 2.34. The molecule has 1 saturated heterocycles. The maximum Gasteiger partial charge on any atom is 0.161 e. The van der Waals surface area contributed by atoms with Crippen LogP contribution >= 0.6 is 0 Å². The quantitative estimate of drug-likeness (QED) is 0.615. The molecule has 30 heavy (non-hydrogen) atoms. The molecular formula is C22H27N3O5. The standard InChI is InChI=1S/C22H27N3O5/c1-27-15-5-6-17-16(11-15)18(24-23-17)12-25-8-9-30-21(13-26)22(25)14-4-7-19(28-2)20(10-14)29-3/h4-7,10-11,21-22,26H,8-9,12-13H2,1-3H3,(H,23,24)/t21-,22-/m0/s1. The van der Waals surface area contributed by atoms with Gasteiger partial charge in [0.1, 0.15) is 11.9 Å². The molecule has 3 aromatic rings. The molecule has 0 unspecified atom stereocenters. The number of rotatable bonds is 7. The van der Waals surface area contributed by atoms with Crippen LogP contribution in [-0.2, 0) is 11.3 Å². The summed E-state index contributed by atoms with van der Waals surface area (Å²) in [5.74, 6) is 2.10. The lowest BCUT2D eigenvalue weighted by atomic mass is 9.97. The number of aromatic amines is 1. The smallest absolute Gasteiger partial charge is 0.161 e. The Kier molecular flexibility index (Phi) is 6.08. The fourth-order valence-corrected chi connectivity index (χ4v) is 4.07. The Hall–Kier alpha value is -2.81. The molecule has 2 N–H and O–H groups in total. The molecule has 4 rings (SSSR count). The highest BCUT2D eigenvalue weighted by Crippen LogP contribution is 2.36. The molecule has 0 radical (unpaired) electrons. The zero-order valence-electron chi connectivity index (χ0n) is 17.4. The predicted molar refractivity (Wildman–Crippen MR) is 112 cm³/mol. The summed E-state index contributed by atoms with van der Waals surface area (Å²) in [6, 6.07) is 11.5.